The number of carbonyl (C=O) groups excluding carboxylic acids is 2. The monoisotopic (exact) mass is 253 g/mol. The number of nitrogens with zero attached hydrogens (tertiary/aromatic N) is 1. The number of fused-ring (bicyclic) bond motifs is 1. The Bertz CT molecular complexity index is 647. The van der Waals surface area contributed by atoms with Crippen LogP contribution in [0.5, 0.6) is 0 Å². The first-order valence-corrected chi connectivity index (χ1v) is 5.77. The van der Waals surface area contributed by atoms with E-state index in [1.54, 1.807) is 48.5 Å². The van der Waals surface area contributed by atoms with Crippen molar-refractivity contribution in [2.45, 2.75) is 0 Å². The van der Waals surface area contributed by atoms with E-state index in [2.05, 4.69) is 5.43 Å². The van der Waals surface area contributed by atoms with E-state index in [-0.39, 0.29) is 11.8 Å². The molecule has 19 heavy (non-hydrogen) atoms. The predicted molar refractivity (Wildman–Crippen MR) is 71.4 cm³/mol. The molecule has 0 saturated heterocycles. The van der Waals surface area contributed by atoms with E-state index >= 15 is 0 Å². The van der Waals surface area contributed by atoms with Gasteiger partial charge in [-0.15, -0.1) is 0 Å². The van der Waals surface area contributed by atoms with E-state index < -0.39 is 0 Å². The maximum absolute atomic E-state index is 12.1. The number of anilines is 2. The van der Waals surface area contributed by atoms with E-state index in [0.717, 1.165) is 5.01 Å². The van der Waals surface area contributed by atoms with Crippen molar-refractivity contribution in [2.75, 3.05) is 11.2 Å². The largest absolute Gasteiger partial charge is 0.399 e. The summed E-state index contributed by atoms with van der Waals surface area (Å²) in [6.07, 6.45) is 0. The van der Waals surface area contributed by atoms with Gasteiger partial charge in [0.25, 0.3) is 11.8 Å². The zero-order valence-corrected chi connectivity index (χ0v) is 9.96. The maximum Gasteiger partial charge on any atom is 0.280 e. The molecule has 0 atom stereocenters. The highest BCUT2D eigenvalue weighted by atomic mass is 16.2. The van der Waals surface area contributed by atoms with Gasteiger partial charge in [-0.25, -0.2) is 0 Å². The zero-order valence-electron chi connectivity index (χ0n) is 9.96. The summed E-state index contributed by atoms with van der Waals surface area (Å²) in [5, 5.41) is 0.999. The van der Waals surface area contributed by atoms with Gasteiger partial charge in [0.1, 0.15) is 0 Å². The molecule has 0 spiro atoms. The van der Waals surface area contributed by atoms with Crippen molar-refractivity contribution in [1.82, 2.24) is 5.01 Å². The first-order chi connectivity index (χ1) is 9.16. The smallest absolute Gasteiger partial charge is 0.280 e. The van der Waals surface area contributed by atoms with E-state index in [0.29, 0.717) is 22.5 Å². The molecule has 0 bridgehead atoms. The van der Waals surface area contributed by atoms with Crippen LogP contribution in [0, 0.1) is 0 Å². The fraction of sp³-hybridized carbons (Fsp3) is 0. The van der Waals surface area contributed by atoms with Crippen LogP contribution < -0.4 is 11.2 Å². The summed E-state index contributed by atoms with van der Waals surface area (Å²) < 4.78 is 0. The Hall–Kier alpha value is -2.82. The Morgan fingerprint density at radius 2 is 1.53 bits per heavy atom. The number of nitrogens with one attached hydrogen (secondary N) is 1. The number of nitrogens with two attached hydrogens (primary N) is 1. The molecule has 0 aromatic heterocycles. The van der Waals surface area contributed by atoms with Crippen molar-refractivity contribution in [1.29, 1.82) is 0 Å². The third-order valence-corrected chi connectivity index (χ3v) is 2.92. The topological polar surface area (TPSA) is 75.4 Å². The number of imide groups is 1. The molecule has 0 aliphatic carbocycles. The Morgan fingerprint density at radius 3 is 2.11 bits per heavy atom. The Morgan fingerprint density at radius 1 is 0.895 bits per heavy atom. The fourth-order valence-corrected chi connectivity index (χ4v) is 2.03. The van der Waals surface area contributed by atoms with Crippen LogP contribution >= 0.6 is 0 Å². The van der Waals surface area contributed by atoms with Gasteiger partial charge in [-0.05, 0) is 30.3 Å². The summed E-state index contributed by atoms with van der Waals surface area (Å²) in [4.78, 5) is 24.2. The standard InChI is InChI=1S/C14H11N3O2/c15-9-4-3-5-10(8-9)16-17-13(18)11-6-1-2-7-12(11)14(17)19/h1-8,16H,15H2. The van der Waals surface area contributed by atoms with E-state index in [4.69, 9.17) is 5.73 Å². The van der Waals surface area contributed by atoms with Crippen molar-refractivity contribution in [3.63, 3.8) is 0 Å². The summed E-state index contributed by atoms with van der Waals surface area (Å²) in [5.74, 6) is -0.717. The van der Waals surface area contributed by atoms with E-state index in [1.807, 2.05) is 0 Å². The predicted octanol–water partition coefficient (Wildman–Crippen LogP) is 1.89. The van der Waals surface area contributed by atoms with Gasteiger partial charge in [-0.2, -0.15) is 5.01 Å². The molecule has 3 N–H and O–H groups in total. The molecule has 2 aromatic carbocycles. The lowest BCUT2D eigenvalue weighted by atomic mass is 10.1. The molecule has 1 aliphatic rings. The molecule has 0 fully saturated rings. The molecule has 2 amide bonds. The number of amides is 2. The number of nitrogen functional groups attached to an aromatic ring is 1. The summed E-state index contributed by atoms with van der Waals surface area (Å²) in [6.45, 7) is 0. The molecular formula is C14H11N3O2. The van der Waals surface area contributed by atoms with Crippen molar-refractivity contribution >= 4 is 23.2 Å². The quantitative estimate of drug-likeness (QED) is 0.633. The molecule has 0 unspecified atom stereocenters. The van der Waals surface area contributed by atoms with Gasteiger partial charge in [0.2, 0.25) is 0 Å². The lowest BCUT2D eigenvalue weighted by molar-refractivity contribution is 0.0691. The lowest BCUT2D eigenvalue weighted by Gasteiger charge is -2.16. The van der Waals surface area contributed by atoms with Crippen LogP contribution in [0.3, 0.4) is 0 Å². The number of hydrogen-bond donors (Lipinski definition) is 2. The van der Waals surface area contributed by atoms with E-state index in [9.17, 15) is 9.59 Å². The highest BCUT2D eigenvalue weighted by Crippen LogP contribution is 2.23. The van der Waals surface area contributed by atoms with Gasteiger partial charge in [-0.1, -0.05) is 18.2 Å². The van der Waals surface area contributed by atoms with Crippen molar-refractivity contribution in [3.8, 4) is 0 Å². The normalized spacial score (nSPS) is 13.6. The average molecular weight is 253 g/mol. The number of carbonyl (C=O) groups is 2. The molecule has 1 aliphatic heterocycles. The van der Waals surface area contributed by atoms with Gasteiger partial charge in [0.15, 0.2) is 0 Å². The minimum atomic E-state index is -0.358. The first kappa shape index (κ1) is 11.3. The van der Waals surface area contributed by atoms with Crippen LogP contribution in [0.1, 0.15) is 20.7 Å². The molecule has 2 aromatic rings. The van der Waals surface area contributed by atoms with Gasteiger partial charge >= 0.3 is 0 Å². The summed E-state index contributed by atoms with van der Waals surface area (Å²) in [6, 6.07) is 13.6. The molecular weight excluding hydrogens is 242 g/mol. The Balaban J connectivity index is 1.92. The first-order valence-electron chi connectivity index (χ1n) is 5.77. The second-order valence-electron chi connectivity index (χ2n) is 4.23. The summed E-state index contributed by atoms with van der Waals surface area (Å²) in [5.41, 5.74) is 10.4. The SMILES string of the molecule is Nc1cccc(NN2C(=O)c3ccccc3C2=O)c1. The summed E-state index contributed by atoms with van der Waals surface area (Å²) >= 11 is 0. The van der Waals surface area contributed by atoms with Gasteiger partial charge in [-0.3, -0.25) is 15.0 Å². The fourth-order valence-electron chi connectivity index (χ4n) is 2.03. The average Bonchev–Trinajstić information content (AvgIpc) is 2.65. The zero-order chi connectivity index (χ0) is 13.4. The molecule has 0 saturated carbocycles. The third kappa shape index (κ3) is 1.81. The minimum absolute atomic E-state index is 0.358. The molecule has 5 heteroatoms. The minimum Gasteiger partial charge on any atom is -0.399 e. The van der Waals surface area contributed by atoms with Crippen LogP contribution in [-0.2, 0) is 0 Å². The van der Waals surface area contributed by atoms with Crippen LogP contribution in [-0.4, -0.2) is 16.8 Å². The highest BCUT2D eigenvalue weighted by Gasteiger charge is 2.35. The molecule has 5 nitrogen and oxygen atoms in total. The Labute approximate surface area is 109 Å². The van der Waals surface area contributed by atoms with E-state index in [1.165, 1.54) is 0 Å². The van der Waals surface area contributed by atoms with Gasteiger partial charge in [0, 0.05) is 5.69 Å². The van der Waals surface area contributed by atoms with Crippen molar-refractivity contribution in [2.24, 2.45) is 0 Å². The highest BCUT2D eigenvalue weighted by molar-refractivity contribution is 6.21. The van der Waals surface area contributed by atoms with Crippen LogP contribution in [0.15, 0.2) is 48.5 Å². The molecule has 3 rings (SSSR count). The molecule has 0 radical (unpaired) electrons. The van der Waals surface area contributed by atoms with Crippen molar-refractivity contribution in [3.05, 3.63) is 59.7 Å². The maximum atomic E-state index is 12.1. The van der Waals surface area contributed by atoms with Gasteiger partial charge in [0.05, 0.1) is 16.8 Å². The number of hydrogen-bond acceptors (Lipinski definition) is 4. The van der Waals surface area contributed by atoms with Crippen molar-refractivity contribution < 1.29 is 9.59 Å². The second-order valence-corrected chi connectivity index (χ2v) is 4.23. The Kier molecular flexibility index (Phi) is 2.45. The third-order valence-electron chi connectivity index (χ3n) is 2.92. The number of rotatable bonds is 2. The van der Waals surface area contributed by atoms with Gasteiger partial charge < -0.3 is 5.73 Å². The second kappa shape index (κ2) is 4.13. The molecule has 94 valence electrons. The number of benzene rings is 2. The lowest BCUT2D eigenvalue weighted by Crippen LogP contribution is -2.35. The van der Waals surface area contributed by atoms with Crippen LogP contribution in [0.2, 0.25) is 0 Å². The number of hydrazine groups is 1. The van der Waals surface area contributed by atoms with Crippen LogP contribution in [0.4, 0.5) is 11.4 Å². The summed E-state index contributed by atoms with van der Waals surface area (Å²) in [7, 11) is 0. The van der Waals surface area contributed by atoms with Crippen LogP contribution in [0.25, 0.3) is 0 Å². The molecule has 1 heterocycles.